The molecule has 0 saturated heterocycles. The molecule has 0 aliphatic carbocycles. The van der Waals surface area contributed by atoms with E-state index < -0.39 is 11.6 Å². The lowest BCUT2D eigenvalue weighted by atomic mass is 10.1. The van der Waals surface area contributed by atoms with Crippen molar-refractivity contribution in [3.8, 4) is 11.4 Å². The van der Waals surface area contributed by atoms with Crippen molar-refractivity contribution in [2.45, 2.75) is 19.5 Å². The molecule has 0 bridgehead atoms. The van der Waals surface area contributed by atoms with Crippen molar-refractivity contribution in [3.63, 3.8) is 0 Å². The second kappa shape index (κ2) is 7.07. The molecule has 3 rings (SSSR count). The highest BCUT2D eigenvalue weighted by atomic mass is 35.5. The van der Waals surface area contributed by atoms with Gasteiger partial charge in [-0.1, -0.05) is 22.8 Å². The maximum atomic E-state index is 13.7. The van der Waals surface area contributed by atoms with Gasteiger partial charge in [-0.2, -0.15) is 4.98 Å². The number of rotatable bonds is 5. The van der Waals surface area contributed by atoms with Crippen LogP contribution in [0.5, 0.6) is 0 Å². The van der Waals surface area contributed by atoms with Crippen LogP contribution in [-0.2, 0) is 6.54 Å². The molecule has 1 heterocycles. The average molecular weight is 350 g/mol. The summed E-state index contributed by atoms with van der Waals surface area (Å²) in [4.78, 5) is 4.28. The lowest BCUT2D eigenvalue weighted by molar-refractivity contribution is 0.359. The first-order valence-corrected chi connectivity index (χ1v) is 7.67. The van der Waals surface area contributed by atoms with Gasteiger partial charge in [-0.05, 0) is 37.3 Å². The molecule has 2 aromatic carbocycles. The van der Waals surface area contributed by atoms with Crippen molar-refractivity contribution in [2.75, 3.05) is 0 Å². The summed E-state index contributed by atoms with van der Waals surface area (Å²) in [6.07, 6.45) is 0. The van der Waals surface area contributed by atoms with E-state index in [-0.39, 0.29) is 12.6 Å². The molecule has 124 valence electrons. The molecule has 0 fully saturated rings. The van der Waals surface area contributed by atoms with E-state index in [4.69, 9.17) is 16.1 Å². The smallest absolute Gasteiger partial charge is 0.240 e. The molecule has 24 heavy (non-hydrogen) atoms. The minimum atomic E-state index is -0.604. The minimum Gasteiger partial charge on any atom is -0.338 e. The number of hydrogen-bond acceptors (Lipinski definition) is 4. The third kappa shape index (κ3) is 3.77. The number of hydrogen-bond donors (Lipinski definition) is 1. The highest BCUT2D eigenvalue weighted by molar-refractivity contribution is 6.30. The number of aromatic nitrogens is 2. The van der Waals surface area contributed by atoms with Crippen LogP contribution in [0.15, 0.2) is 47.0 Å². The van der Waals surface area contributed by atoms with Gasteiger partial charge in [-0.15, -0.1) is 0 Å². The van der Waals surface area contributed by atoms with Crippen molar-refractivity contribution in [1.29, 1.82) is 0 Å². The number of benzene rings is 2. The number of halogens is 3. The lowest BCUT2D eigenvalue weighted by Gasteiger charge is -2.13. The average Bonchev–Trinajstić information content (AvgIpc) is 3.02. The van der Waals surface area contributed by atoms with Gasteiger partial charge in [0.15, 0.2) is 0 Å². The van der Waals surface area contributed by atoms with E-state index in [1.54, 1.807) is 31.2 Å². The molecule has 0 spiro atoms. The third-order valence-corrected chi connectivity index (χ3v) is 3.81. The predicted octanol–water partition coefficient (Wildman–Crippen LogP) is 4.52. The highest BCUT2D eigenvalue weighted by Gasteiger charge is 2.14. The molecule has 0 unspecified atom stereocenters. The van der Waals surface area contributed by atoms with Crippen LogP contribution in [0.1, 0.15) is 24.4 Å². The third-order valence-electron chi connectivity index (χ3n) is 3.56. The van der Waals surface area contributed by atoms with Gasteiger partial charge < -0.3 is 9.84 Å². The van der Waals surface area contributed by atoms with Gasteiger partial charge in [-0.25, -0.2) is 8.78 Å². The first kappa shape index (κ1) is 16.5. The van der Waals surface area contributed by atoms with Crippen LogP contribution in [-0.4, -0.2) is 10.1 Å². The van der Waals surface area contributed by atoms with Gasteiger partial charge in [-0.3, -0.25) is 0 Å². The second-order valence-corrected chi connectivity index (χ2v) is 5.72. The molecule has 0 saturated carbocycles. The summed E-state index contributed by atoms with van der Waals surface area (Å²) >= 11 is 5.84. The fraction of sp³-hybridized carbons (Fsp3) is 0.176. The SMILES string of the molecule is C[C@@H](NCc1nc(-c2ccc(Cl)cc2)no1)c1ccc(F)cc1F. The van der Waals surface area contributed by atoms with Crippen molar-refractivity contribution in [1.82, 2.24) is 15.5 Å². The Balaban J connectivity index is 1.65. The van der Waals surface area contributed by atoms with Gasteiger partial charge in [0, 0.05) is 28.3 Å². The van der Waals surface area contributed by atoms with E-state index in [1.165, 1.54) is 12.1 Å². The molecule has 0 aliphatic rings. The van der Waals surface area contributed by atoms with E-state index in [2.05, 4.69) is 15.5 Å². The van der Waals surface area contributed by atoms with Gasteiger partial charge in [0.25, 0.3) is 0 Å². The van der Waals surface area contributed by atoms with E-state index in [0.717, 1.165) is 11.6 Å². The Bertz CT molecular complexity index is 836. The Morgan fingerprint density at radius 2 is 1.92 bits per heavy atom. The Morgan fingerprint density at radius 1 is 1.17 bits per heavy atom. The fourth-order valence-corrected chi connectivity index (χ4v) is 2.37. The zero-order valence-corrected chi connectivity index (χ0v) is 13.5. The summed E-state index contributed by atoms with van der Waals surface area (Å²) in [5.41, 5.74) is 1.15. The number of nitrogens with zero attached hydrogens (tertiary/aromatic N) is 2. The maximum Gasteiger partial charge on any atom is 0.240 e. The molecular weight excluding hydrogens is 336 g/mol. The van der Waals surface area contributed by atoms with E-state index in [1.807, 2.05) is 0 Å². The molecule has 1 N–H and O–H groups in total. The van der Waals surface area contributed by atoms with Crippen LogP contribution in [0, 0.1) is 11.6 Å². The van der Waals surface area contributed by atoms with Crippen molar-refractivity contribution in [3.05, 3.63) is 70.6 Å². The molecule has 1 aromatic heterocycles. The van der Waals surface area contributed by atoms with Crippen LogP contribution in [0.2, 0.25) is 5.02 Å². The fourth-order valence-electron chi connectivity index (χ4n) is 2.25. The zero-order valence-electron chi connectivity index (χ0n) is 12.8. The molecule has 3 aromatic rings. The second-order valence-electron chi connectivity index (χ2n) is 5.29. The van der Waals surface area contributed by atoms with Crippen molar-refractivity contribution >= 4 is 11.6 Å². The predicted molar refractivity (Wildman–Crippen MR) is 86.4 cm³/mol. The monoisotopic (exact) mass is 349 g/mol. The minimum absolute atomic E-state index is 0.262. The Kier molecular flexibility index (Phi) is 4.87. The van der Waals surface area contributed by atoms with E-state index in [9.17, 15) is 8.78 Å². The van der Waals surface area contributed by atoms with Gasteiger partial charge >= 0.3 is 0 Å². The zero-order chi connectivity index (χ0) is 17.1. The number of nitrogens with one attached hydrogen (secondary N) is 1. The summed E-state index contributed by atoms with van der Waals surface area (Å²) < 4.78 is 31.9. The molecule has 0 radical (unpaired) electrons. The van der Waals surface area contributed by atoms with Gasteiger partial charge in [0.2, 0.25) is 11.7 Å². The summed E-state index contributed by atoms with van der Waals surface area (Å²) in [6.45, 7) is 2.03. The van der Waals surface area contributed by atoms with E-state index >= 15 is 0 Å². The first-order chi connectivity index (χ1) is 11.5. The maximum absolute atomic E-state index is 13.7. The van der Waals surface area contributed by atoms with Crippen molar-refractivity contribution in [2.24, 2.45) is 0 Å². The Morgan fingerprint density at radius 3 is 2.62 bits per heavy atom. The van der Waals surface area contributed by atoms with Crippen LogP contribution < -0.4 is 5.32 Å². The lowest BCUT2D eigenvalue weighted by Crippen LogP contribution is -2.19. The van der Waals surface area contributed by atoms with Crippen LogP contribution in [0.25, 0.3) is 11.4 Å². The van der Waals surface area contributed by atoms with Crippen LogP contribution in [0.3, 0.4) is 0 Å². The quantitative estimate of drug-likeness (QED) is 0.735. The summed E-state index contributed by atoms with van der Waals surface area (Å²) in [5.74, 6) is -0.381. The largest absolute Gasteiger partial charge is 0.338 e. The molecule has 4 nitrogen and oxygen atoms in total. The molecule has 0 aliphatic heterocycles. The summed E-state index contributed by atoms with van der Waals surface area (Å²) in [7, 11) is 0. The molecule has 0 amide bonds. The summed E-state index contributed by atoms with van der Waals surface area (Å²) in [5, 5.41) is 7.60. The highest BCUT2D eigenvalue weighted by Crippen LogP contribution is 2.20. The van der Waals surface area contributed by atoms with E-state index in [0.29, 0.717) is 22.3 Å². The molecular formula is C17H14ClF2N3O. The van der Waals surface area contributed by atoms with Gasteiger partial charge in [0.05, 0.1) is 6.54 Å². The molecule has 1 atom stereocenters. The van der Waals surface area contributed by atoms with Crippen molar-refractivity contribution < 1.29 is 13.3 Å². The van der Waals surface area contributed by atoms with Crippen LogP contribution in [0.4, 0.5) is 8.78 Å². The summed E-state index contributed by atoms with van der Waals surface area (Å²) in [6, 6.07) is 10.2. The van der Waals surface area contributed by atoms with Gasteiger partial charge in [0.1, 0.15) is 11.6 Å². The molecule has 7 heteroatoms. The Hall–Kier alpha value is -2.31. The topological polar surface area (TPSA) is 51.0 Å². The first-order valence-electron chi connectivity index (χ1n) is 7.30. The standard InChI is InChI=1S/C17H14ClF2N3O/c1-10(14-7-6-13(19)8-15(14)20)21-9-16-22-17(23-24-16)11-2-4-12(18)5-3-11/h2-8,10,21H,9H2,1H3/t10-/m1/s1. The Labute approximate surface area is 142 Å². The normalized spacial score (nSPS) is 12.3. The van der Waals surface area contributed by atoms with Crippen LogP contribution >= 0.6 is 11.6 Å².